The Balaban J connectivity index is 2.40. The molecule has 5 heteroatoms. The van der Waals surface area contributed by atoms with Gasteiger partial charge in [-0.1, -0.05) is 17.4 Å². The molecule has 4 nitrogen and oxygen atoms in total. The number of fused-ring (bicyclic) bond motifs is 1. The summed E-state index contributed by atoms with van der Waals surface area (Å²) >= 11 is 1.13. The molecule has 0 saturated heterocycles. The Hall–Kier alpha value is -2.01. The average molecular weight is 229 g/mol. The molecular weight excluding hydrogens is 222 g/mol. The van der Waals surface area contributed by atoms with Gasteiger partial charge in [0.15, 0.2) is 0 Å². The van der Waals surface area contributed by atoms with Gasteiger partial charge in [0.1, 0.15) is 10.6 Å². The lowest BCUT2D eigenvalue weighted by molar-refractivity contribution is 1.01. The Labute approximate surface area is 94.8 Å². The summed E-state index contributed by atoms with van der Waals surface area (Å²) in [6.45, 7) is 0. The first-order chi connectivity index (χ1) is 7.86. The van der Waals surface area contributed by atoms with Gasteiger partial charge in [-0.3, -0.25) is 4.79 Å². The number of hydrogen-bond acceptors (Lipinski definition) is 4. The first-order valence-electron chi connectivity index (χ1n) is 4.74. The van der Waals surface area contributed by atoms with Crippen molar-refractivity contribution in [1.82, 2.24) is 14.5 Å². The van der Waals surface area contributed by atoms with E-state index in [1.165, 1.54) is 0 Å². The van der Waals surface area contributed by atoms with Crippen LogP contribution in [-0.4, -0.2) is 14.5 Å². The van der Waals surface area contributed by atoms with Crippen LogP contribution in [0.2, 0.25) is 0 Å². The predicted octanol–water partition coefficient (Wildman–Crippen LogP) is 1.84. The van der Waals surface area contributed by atoms with Crippen molar-refractivity contribution in [2.24, 2.45) is 0 Å². The summed E-state index contributed by atoms with van der Waals surface area (Å²) in [6.07, 6.45) is 3.35. The second-order valence-corrected chi connectivity index (χ2v) is 4.16. The topological polar surface area (TPSA) is 47.8 Å². The molecule has 0 spiro atoms. The Bertz CT molecular complexity index is 687. The van der Waals surface area contributed by atoms with Crippen LogP contribution in [0, 0.1) is 0 Å². The van der Waals surface area contributed by atoms with Crippen LogP contribution in [0.25, 0.3) is 16.2 Å². The van der Waals surface area contributed by atoms with Gasteiger partial charge in [-0.2, -0.15) is 0 Å². The number of thiazole rings is 1. The summed E-state index contributed by atoms with van der Waals surface area (Å²) in [6, 6.07) is 9.17. The van der Waals surface area contributed by atoms with Crippen LogP contribution in [0.3, 0.4) is 0 Å². The SMILES string of the molecule is O=c1sc2ncccc2n1-c1ccccn1. The molecular formula is C11H7N3OS. The first-order valence-corrected chi connectivity index (χ1v) is 5.56. The maximum Gasteiger partial charge on any atom is 0.315 e. The number of nitrogens with zero attached hydrogens (tertiary/aromatic N) is 3. The molecule has 3 aromatic rings. The highest BCUT2D eigenvalue weighted by molar-refractivity contribution is 7.16. The molecule has 0 N–H and O–H groups in total. The Kier molecular flexibility index (Phi) is 2.04. The van der Waals surface area contributed by atoms with Gasteiger partial charge in [0.05, 0.1) is 5.52 Å². The zero-order chi connectivity index (χ0) is 11.0. The lowest BCUT2D eigenvalue weighted by Gasteiger charge is -2.00. The van der Waals surface area contributed by atoms with Crippen molar-refractivity contribution in [3.8, 4) is 5.82 Å². The molecule has 78 valence electrons. The molecule has 0 aliphatic heterocycles. The van der Waals surface area contributed by atoms with E-state index in [1.807, 2.05) is 24.3 Å². The summed E-state index contributed by atoms with van der Waals surface area (Å²) in [4.78, 5) is 20.8. The van der Waals surface area contributed by atoms with E-state index in [-0.39, 0.29) is 4.87 Å². The van der Waals surface area contributed by atoms with Gasteiger partial charge in [-0.15, -0.1) is 0 Å². The van der Waals surface area contributed by atoms with Gasteiger partial charge in [-0.25, -0.2) is 14.5 Å². The quantitative estimate of drug-likeness (QED) is 0.639. The van der Waals surface area contributed by atoms with Gasteiger partial charge in [-0.05, 0) is 24.3 Å². The fourth-order valence-corrected chi connectivity index (χ4v) is 2.39. The van der Waals surface area contributed by atoms with Crippen molar-refractivity contribution < 1.29 is 0 Å². The Morgan fingerprint density at radius 1 is 1.06 bits per heavy atom. The van der Waals surface area contributed by atoms with Crippen molar-refractivity contribution in [3.05, 3.63) is 52.4 Å². The maximum atomic E-state index is 11.8. The first kappa shape index (κ1) is 9.23. The second kappa shape index (κ2) is 3.53. The molecule has 0 radical (unpaired) electrons. The number of pyridine rings is 2. The standard InChI is InChI=1S/C11H7N3OS/c15-11-14(9-5-1-2-6-12-9)8-4-3-7-13-10(8)16-11/h1-7H. The zero-order valence-corrected chi connectivity index (χ0v) is 9.02. The zero-order valence-electron chi connectivity index (χ0n) is 8.20. The summed E-state index contributed by atoms with van der Waals surface area (Å²) < 4.78 is 1.58. The highest BCUT2D eigenvalue weighted by atomic mass is 32.1. The largest absolute Gasteiger partial charge is 0.315 e. The van der Waals surface area contributed by atoms with E-state index < -0.39 is 0 Å². The molecule has 3 aromatic heterocycles. The van der Waals surface area contributed by atoms with E-state index in [9.17, 15) is 4.79 Å². The monoisotopic (exact) mass is 229 g/mol. The number of rotatable bonds is 1. The smallest absolute Gasteiger partial charge is 0.256 e. The van der Waals surface area contributed by atoms with Gasteiger partial charge >= 0.3 is 4.87 Å². The fraction of sp³-hybridized carbons (Fsp3) is 0. The summed E-state index contributed by atoms with van der Waals surface area (Å²) in [5.41, 5.74) is 0.802. The third kappa shape index (κ3) is 1.33. The van der Waals surface area contributed by atoms with Gasteiger partial charge < -0.3 is 0 Å². The molecule has 16 heavy (non-hydrogen) atoms. The molecule has 0 aromatic carbocycles. The van der Waals surface area contributed by atoms with Crippen LogP contribution in [0.15, 0.2) is 47.5 Å². The van der Waals surface area contributed by atoms with E-state index in [2.05, 4.69) is 9.97 Å². The van der Waals surface area contributed by atoms with Crippen LogP contribution in [-0.2, 0) is 0 Å². The number of hydrogen-bond donors (Lipinski definition) is 0. The molecule has 3 heterocycles. The Morgan fingerprint density at radius 3 is 2.75 bits per heavy atom. The highest BCUT2D eigenvalue weighted by Gasteiger charge is 2.09. The third-order valence-electron chi connectivity index (χ3n) is 2.24. The lowest BCUT2D eigenvalue weighted by Crippen LogP contribution is -2.11. The number of aromatic nitrogens is 3. The van der Waals surface area contributed by atoms with E-state index in [4.69, 9.17) is 0 Å². The molecule has 0 atom stereocenters. The van der Waals surface area contributed by atoms with E-state index >= 15 is 0 Å². The van der Waals surface area contributed by atoms with Gasteiger partial charge in [0.2, 0.25) is 0 Å². The molecule has 0 aliphatic carbocycles. The molecule has 0 amide bonds. The van der Waals surface area contributed by atoms with Crippen LogP contribution < -0.4 is 4.87 Å². The van der Waals surface area contributed by atoms with Gasteiger partial charge in [0.25, 0.3) is 0 Å². The van der Waals surface area contributed by atoms with Crippen LogP contribution in [0.5, 0.6) is 0 Å². The van der Waals surface area contributed by atoms with Crippen molar-refractivity contribution >= 4 is 21.7 Å². The van der Waals surface area contributed by atoms with Crippen molar-refractivity contribution in [2.75, 3.05) is 0 Å². The molecule has 0 bridgehead atoms. The molecule has 0 fully saturated rings. The van der Waals surface area contributed by atoms with Crippen LogP contribution in [0.1, 0.15) is 0 Å². The van der Waals surface area contributed by atoms with Crippen LogP contribution in [0.4, 0.5) is 0 Å². The van der Waals surface area contributed by atoms with E-state index in [1.54, 1.807) is 23.0 Å². The van der Waals surface area contributed by atoms with Gasteiger partial charge in [0, 0.05) is 12.4 Å². The van der Waals surface area contributed by atoms with E-state index in [0.29, 0.717) is 5.82 Å². The van der Waals surface area contributed by atoms with Crippen molar-refractivity contribution in [2.45, 2.75) is 0 Å². The fourth-order valence-electron chi connectivity index (χ4n) is 1.56. The average Bonchev–Trinajstić information content (AvgIpc) is 2.66. The molecule has 0 saturated carbocycles. The predicted molar refractivity (Wildman–Crippen MR) is 63.0 cm³/mol. The summed E-state index contributed by atoms with van der Waals surface area (Å²) in [7, 11) is 0. The highest BCUT2D eigenvalue weighted by Crippen LogP contribution is 2.16. The molecule has 0 unspecified atom stereocenters. The molecule has 0 aliphatic rings. The minimum Gasteiger partial charge on any atom is -0.256 e. The second-order valence-electron chi connectivity index (χ2n) is 3.22. The Morgan fingerprint density at radius 2 is 1.94 bits per heavy atom. The van der Waals surface area contributed by atoms with Crippen molar-refractivity contribution in [3.63, 3.8) is 0 Å². The van der Waals surface area contributed by atoms with E-state index in [0.717, 1.165) is 21.7 Å². The summed E-state index contributed by atoms with van der Waals surface area (Å²) in [5, 5.41) is 0. The van der Waals surface area contributed by atoms with Crippen LogP contribution >= 0.6 is 11.3 Å². The minimum atomic E-state index is -0.0626. The summed E-state index contributed by atoms with van der Waals surface area (Å²) in [5.74, 6) is 0.631. The minimum absolute atomic E-state index is 0.0626. The molecule has 3 rings (SSSR count). The normalized spacial score (nSPS) is 10.8. The van der Waals surface area contributed by atoms with Crippen molar-refractivity contribution in [1.29, 1.82) is 0 Å². The maximum absolute atomic E-state index is 11.8. The third-order valence-corrected chi connectivity index (χ3v) is 3.10. The lowest BCUT2D eigenvalue weighted by atomic mass is 10.4.